The molecule has 1 aliphatic carbocycles. The van der Waals surface area contributed by atoms with Crippen molar-refractivity contribution < 1.29 is 0 Å². The largest absolute Gasteiger partial charge is 0.0622 e. The van der Waals surface area contributed by atoms with Crippen molar-refractivity contribution in [3.8, 4) is 44.5 Å². The lowest BCUT2D eigenvalue weighted by Gasteiger charge is -2.42. The number of benzene rings is 14. The van der Waals surface area contributed by atoms with Crippen LogP contribution in [0.4, 0.5) is 0 Å². The van der Waals surface area contributed by atoms with Crippen LogP contribution in [0, 0.1) is 0 Å². The zero-order valence-corrected chi connectivity index (χ0v) is 40.7. The molecule has 0 saturated carbocycles. The van der Waals surface area contributed by atoms with Gasteiger partial charge in [0.15, 0.2) is 0 Å². The molecule has 0 atom stereocenters. The number of rotatable bonds is 6. The van der Waals surface area contributed by atoms with E-state index in [1.54, 1.807) is 0 Å². The van der Waals surface area contributed by atoms with E-state index in [0.717, 1.165) is 0 Å². The average Bonchev–Trinajstić information content (AvgIpc) is 3.48. The van der Waals surface area contributed by atoms with Crippen LogP contribution in [0.3, 0.4) is 0 Å². The molecule has 0 heterocycles. The third-order valence-electron chi connectivity index (χ3n) is 16.2. The van der Waals surface area contributed by atoms with Crippen LogP contribution in [0.25, 0.3) is 109 Å². The molecule has 14 aromatic carbocycles. The van der Waals surface area contributed by atoms with E-state index >= 15 is 0 Å². The van der Waals surface area contributed by atoms with Crippen LogP contribution in [0.1, 0.15) is 45.2 Å². The molecule has 344 valence electrons. The quantitative estimate of drug-likeness (QED) is 0.146. The number of fused-ring (bicyclic) bond motifs is 14. The molecule has 74 heavy (non-hydrogen) atoms. The Hall–Kier alpha value is -9.36. The summed E-state index contributed by atoms with van der Waals surface area (Å²) in [6, 6.07) is 105. The lowest BCUT2D eigenvalue weighted by molar-refractivity contribution is 0.834. The van der Waals surface area contributed by atoms with Gasteiger partial charge in [-0.15, -0.1) is 0 Å². The topological polar surface area (TPSA) is 0 Å². The minimum Gasteiger partial charge on any atom is -0.0622 e. The number of hydrogen-bond donors (Lipinski definition) is 0. The SMILES string of the molecule is c1ccc(-c2c3c(c(-c4ccccc4)c4c5ccccc5c5ccccc5c24)C(c2ccccc2)c2c(c(-c4ccccc4)c4c5ccccc5c5ccccc5c4c2-c2ccccc2)C3c2ccccc2)cc1. The van der Waals surface area contributed by atoms with Crippen molar-refractivity contribution in [1.82, 2.24) is 0 Å². The van der Waals surface area contributed by atoms with Gasteiger partial charge in [-0.1, -0.05) is 279 Å². The molecule has 1 aliphatic rings. The molecule has 0 aromatic heterocycles. The van der Waals surface area contributed by atoms with E-state index in [9.17, 15) is 0 Å². The van der Waals surface area contributed by atoms with Gasteiger partial charge in [0, 0.05) is 11.8 Å². The second-order valence-corrected chi connectivity index (χ2v) is 20.0. The van der Waals surface area contributed by atoms with Crippen molar-refractivity contribution in [3.63, 3.8) is 0 Å². The normalized spacial score (nSPS) is 14.2. The molecule has 0 heteroatoms. The summed E-state index contributed by atoms with van der Waals surface area (Å²) in [5.74, 6) is -0.443. The molecule has 0 bridgehead atoms. The summed E-state index contributed by atoms with van der Waals surface area (Å²) in [6.07, 6.45) is 0. The van der Waals surface area contributed by atoms with Crippen molar-refractivity contribution >= 4 is 64.6 Å². The highest BCUT2D eigenvalue weighted by Gasteiger charge is 2.44. The zero-order chi connectivity index (χ0) is 48.7. The molecule has 0 nitrogen and oxygen atoms in total. The summed E-state index contributed by atoms with van der Waals surface area (Å²) in [4.78, 5) is 0. The van der Waals surface area contributed by atoms with E-state index in [1.165, 1.54) is 143 Å². The smallest absolute Gasteiger partial charge is 0.0359 e. The molecule has 0 radical (unpaired) electrons. The van der Waals surface area contributed by atoms with Crippen molar-refractivity contribution in [1.29, 1.82) is 0 Å². The highest BCUT2D eigenvalue weighted by molar-refractivity contribution is 6.35. The molecule has 15 rings (SSSR count). The second kappa shape index (κ2) is 17.2. The van der Waals surface area contributed by atoms with Gasteiger partial charge in [-0.25, -0.2) is 0 Å². The summed E-state index contributed by atoms with van der Waals surface area (Å²) >= 11 is 0. The molecule has 14 aromatic rings. The Morgan fingerprint density at radius 3 is 0.554 bits per heavy atom. The lowest BCUT2D eigenvalue weighted by Crippen LogP contribution is -2.25. The maximum absolute atomic E-state index is 2.40. The summed E-state index contributed by atoms with van der Waals surface area (Å²) in [5.41, 5.74) is 18.0. The lowest BCUT2D eigenvalue weighted by atomic mass is 9.60. The fourth-order valence-electron chi connectivity index (χ4n) is 13.5. The van der Waals surface area contributed by atoms with E-state index in [2.05, 4.69) is 279 Å². The molecule has 0 fully saturated rings. The van der Waals surface area contributed by atoms with Gasteiger partial charge >= 0.3 is 0 Å². The first kappa shape index (κ1) is 42.3. The van der Waals surface area contributed by atoms with Crippen LogP contribution in [-0.4, -0.2) is 0 Å². The Balaban J connectivity index is 1.33. The van der Waals surface area contributed by atoms with Crippen molar-refractivity contribution in [2.75, 3.05) is 0 Å². The maximum atomic E-state index is 2.40. The third-order valence-corrected chi connectivity index (χ3v) is 16.2. The van der Waals surface area contributed by atoms with Crippen LogP contribution < -0.4 is 0 Å². The monoisotopic (exact) mass is 936 g/mol. The fourth-order valence-corrected chi connectivity index (χ4v) is 13.5. The minimum absolute atomic E-state index is 0.222. The van der Waals surface area contributed by atoms with Gasteiger partial charge < -0.3 is 0 Å². The highest BCUT2D eigenvalue weighted by atomic mass is 14.5. The van der Waals surface area contributed by atoms with Crippen LogP contribution in [0.2, 0.25) is 0 Å². The van der Waals surface area contributed by atoms with E-state index in [-0.39, 0.29) is 11.8 Å². The Morgan fingerprint density at radius 1 is 0.162 bits per heavy atom. The Labute approximate surface area is 431 Å². The van der Waals surface area contributed by atoms with E-state index in [1.807, 2.05) is 0 Å². The van der Waals surface area contributed by atoms with Crippen LogP contribution >= 0.6 is 0 Å². The summed E-state index contributed by atoms with van der Waals surface area (Å²) in [6.45, 7) is 0. The summed E-state index contributed by atoms with van der Waals surface area (Å²) in [7, 11) is 0. The van der Waals surface area contributed by atoms with Crippen molar-refractivity contribution in [3.05, 3.63) is 312 Å². The van der Waals surface area contributed by atoms with Crippen molar-refractivity contribution in [2.24, 2.45) is 0 Å². The average molecular weight is 937 g/mol. The van der Waals surface area contributed by atoms with Crippen LogP contribution in [0.15, 0.2) is 279 Å². The van der Waals surface area contributed by atoms with Gasteiger partial charge in [-0.05, 0) is 143 Å². The zero-order valence-electron chi connectivity index (χ0n) is 40.7. The maximum Gasteiger partial charge on any atom is 0.0359 e. The molecular weight excluding hydrogens is 889 g/mol. The standard InChI is InChI=1S/C74H48/c1-7-27-47(28-8-1)61-67-57-43-23-19-39-53(57)54-40-20-24-44-58(54)68(67)62(48-29-9-2-10-30-48)72-66(52-37-17-6-18-38-52)74-64(50-33-13-4-14-34-50)70-60-46-26-22-42-56(60)55-41-21-25-45-59(55)69(70)63(49-31-11-3-12-32-49)73(74)65(71(61)72)51-35-15-5-16-36-51/h1-46,65-66H. The highest BCUT2D eigenvalue weighted by Crippen LogP contribution is 2.64. The first-order chi connectivity index (χ1) is 36.8. The van der Waals surface area contributed by atoms with Gasteiger partial charge in [0.2, 0.25) is 0 Å². The van der Waals surface area contributed by atoms with Crippen LogP contribution in [0.5, 0.6) is 0 Å². The van der Waals surface area contributed by atoms with E-state index in [0.29, 0.717) is 0 Å². The number of hydrogen-bond acceptors (Lipinski definition) is 0. The predicted molar refractivity (Wildman–Crippen MR) is 314 cm³/mol. The first-order valence-electron chi connectivity index (χ1n) is 26.0. The van der Waals surface area contributed by atoms with Gasteiger partial charge in [0.1, 0.15) is 0 Å². The molecule has 0 amide bonds. The van der Waals surface area contributed by atoms with Gasteiger partial charge in [0.05, 0.1) is 0 Å². The Kier molecular flexibility index (Phi) is 9.82. The molecule has 0 unspecified atom stereocenters. The molecule has 0 aliphatic heterocycles. The molecule has 0 saturated heterocycles. The first-order valence-corrected chi connectivity index (χ1v) is 26.0. The minimum atomic E-state index is -0.222. The molecule has 0 spiro atoms. The third kappa shape index (κ3) is 6.28. The molecular formula is C74H48. The van der Waals surface area contributed by atoms with Crippen molar-refractivity contribution in [2.45, 2.75) is 11.8 Å². The fraction of sp³-hybridized carbons (Fsp3) is 0.0270. The second-order valence-electron chi connectivity index (χ2n) is 20.0. The van der Waals surface area contributed by atoms with Gasteiger partial charge in [-0.3, -0.25) is 0 Å². The predicted octanol–water partition coefficient (Wildman–Crippen LogP) is 19.9. The van der Waals surface area contributed by atoms with Gasteiger partial charge in [-0.2, -0.15) is 0 Å². The summed E-state index contributed by atoms with van der Waals surface area (Å²) in [5, 5.41) is 15.3. The molecule has 0 N–H and O–H groups in total. The van der Waals surface area contributed by atoms with E-state index < -0.39 is 0 Å². The summed E-state index contributed by atoms with van der Waals surface area (Å²) < 4.78 is 0. The Bertz CT molecular complexity index is 3940. The van der Waals surface area contributed by atoms with Gasteiger partial charge in [0.25, 0.3) is 0 Å². The Morgan fingerprint density at radius 2 is 0.338 bits per heavy atom. The van der Waals surface area contributed by atoms with Crippen LogP contribution in [-0.2, 0) is 0 Å². The van der Waals surface area contributed by atoms with E-state index in [4.69, 9.17) is 0 Å².